The Balaban J connectivity index is 0.000000333. The van der Waals surface area contributed by atoms with Crippen molar-refractivity contribution < 1.29 is 43.8 Å². The summed E-state index contributed by atoms with van der Waals surface area (Å²) >= 11 is 0. The molecule has 0 bridgehead atoms. The monoisotopic (exact) mass is 637 g/mol. The fourth-order valence-electron chi connectivity index (χ4n) is 3.37. The van der Waals surface area contributed by atoms with E-state index >= 15 is 0 Å². The molecule has 2 N–H and O–H groups in total. The summed E-state index contributed by atoms with van der Waals surface area (Å²) in [6.07, 6.45) is 3.94. The predicted octanol–water partition coefficient (Wildman–Crippen LogP) is 5.90. The first kappa shape index (κ1) is 29.3. The molecule has 0 aliphatic heterocycles. The molecule has 0 fully saturated rings. The van der Waals surface area contributed by atoms with Gasteiger partial charge in [0.2, 0.25) is 0 Å². The summed E-state index contributed by atoms with van der Waals surface area (Å²) in [5.74, 6) is -0.765. The van der Waals surface area contributed by atoms with E-state index in [1.165, 1.54) is 0 Å². The standard InChI is InChI=1S/C15H8F2N.C11H24O3.Ir/c16-11-5-6-13(14(17)9-11)15-12-4-2-1-3-10(12)7-8-18-15;1-4-6-10(5-2)8-14-11(13)7-9(3)12;/h1-5,7-9H;9-13H,4-8H2,1-3H3;/q-1;;. The zero-order valence-electron chi connectivity index (χ0n) is 19.2. The minimum absolute atomic E-state index is 0. The van der Waals surface area contributed by atoms with Gasteiger partial charge in [0.1, 0.15) is 0 Å². The summed E-state index contributed by atoms with van der Waals surface area (Å²) in [6, 6.07) is 13.9. The van der Waals surface area contributed by atoms with E-state index in [-0.39, 0.29) is 25.7 Å². The van der Waals surface area contributed by atoms with Gasteiger partial charge in [0.05, 0.1) is 12.7 Å². The Labute approximate surface area is 208 Å². The summed E-state index contributed by atoms with van der Waals surface area (Å²) < 4.78 is 31.9. The summed E-state index contributed by atoms with van der Waals surface area (Å²) in [5.41, 5.74) is 0.666. The van der Waals surface area contributed by atoms with Crippen LogP contribution in [0.2, 0.25) is 0 Å². The number of aliphatic hydroxyl groups excluding tert-OH is 2. The van der Waals surface area contributed by atoms with Crippen LogP contribution in [0.3, 0.4) is 0 Å². The van der Waals surface area contributed by atoms with Crippen molar-refractivity contribution in [1.82, 2.24) is 4.98 Å². The van der Waals surface area contributed by atoms with E-state index in [1.54, 1.807) is 13.1 Å². The second-order valence-corrected chi connectivity index (χ2v) is 7.86. The second-order valence-electron chi connectivity index (χ2n) is 7.86. The summed E-state index contributed by atoms with van der Waals surface area (Å²) in [6.45, 7) is 6.52. The molecule has 0 aliphatic carbocycles. The van der Waals surface area contributed by atoms with Crippen LogP contribution in [0, 0.1) is 23.6 Å². The van der Waals surface area contributed by atoms with Crippen LogP contribution < -0.4 is 0 Å². The fraction of sp³-hybridized carbons (Fsp3) is 0.423. The van der Waals surface area contributed by atoms with Gasteiger partial charge in [-0.1, -0.05) is 62.6 Å². The van der Waals surface area contributed by atoms with Gasteiger partial charge in [-0.25, -0.2) is 0 Å². The molecule has 3 aromatic rings. The van der Waals surface area contributed by atoms with Crippen molar-refractivity contribution in [3.05, 3.63) is 66.4 Å². The van der Waals surface area contributed by atoms with Crippen LogP contribution in [0.4, 0.5) is 8.78 Å². The molecule has 1 heterocycles. The molecule has 33 heavy (non-hydrogen) atoms. The normalized spacial score (nSPS) is 13.4. The molecule has 0 amide bonds. The molecule has 0 aliphatic rings. The van der Waals surface area contributed by atoms with Gasteiger partial charge in [-0.15, -0.1) is 12.1 Å². The van der Waals surface area contributed by atoms with Gasteiger partial charge in [-0.05, 0) is 41.8 Å². The maximum absolute atomic E-state index is 13.8. The van der Waals surface area contributed by atoms with Gasteiger partial charge in [-0.3, -0.25) is 8.78 Å². The summed E-state index contributed by atoms with van der Waals surface area (Å²) in [7, 11) is 0. The SMILES string of the molecule is CCCC(CC)COC(O)CC(C)O.Fc1c[c-]c(-c2nccc3ccccc23)c(F)c1.[Ir]. The molecule has 1 radical (unpaired) electrons. The molecular weight excluding hydrogens is 605 g/mol. The van der Waals surface area contributed by atoms with E-state index in [0.29, 0.717) is 24.6 Å². The van der Waals surface area contributed by atoms with E-state index in [9.17, 15) is 13.9 Å². The molecule has 4 nitrogen and oxygen atoms in total. The van der Waals surface area contributed by atoms with Crippen LogP contribution in [0.15, 0.2) is 48.7 Å². The third kappa shape index (κ3) is 9.55. The number of halogens is 2. The summed E-state index contributed by atoms with van der Waals surface area (Å²) in [5, 5.41) is 20.1. The Kier molecular flexibility index (Phi) is 13.5. The first-order chi connectivity index (χ1) is 15.3. The van der Waals surface area contributed by atoms with Gasteiger partial charge in [0.15, 0.2) is 6.29 Å². The third-order valence-corrected chi connectivity index (χ3v) is 5.11. The maximum Gasteiger partial charge on any atom is 0.156 e. The minimum Gasteiger partial charge on any atom is -0.393 e. The first-order valence-corrected chi connectivity index (χ1v) is 11.0. The van der Waals surface area contributed by atoms with Crippen molar-refractivity contribution >= 4 is 10.8 Å². The van der Waals surface area contributed by atoms with E-state index in [2.05, 4.69) is 24.9 Å². The summed E-state index contributed by atoms with van der Waals surface area (Å²) in [4.78, 5) is 4.17. The molecule has 0 saturated heterocycles. The van der Waals surface area contributed by atoms with Crippen molar-refractivity contribution in [2.45, 2.75) is 58.8 Å². The fourth-order valence-corrected chi connectivity index (χ4v) is 3.37. The molecule has 0 saturated carbocycles. The molecule has 1 aromatic heterocycles. The average molecular weight is 637 g/mol. The second kappa shape index (κ2) is 15.2. The molecule has 3 rings (SSSR count). The first-order valence-electron chi connectivity index (χ1n) is 11.0. The molecule has 2 aromatic carbocycles. The average Bonchev–Trinajstić information content (AvgIpc) is 2.76. The molecule has 3 unspecified atom stereocenters. The van der Waals surface area contributed by atoms with E-state index in [1.807, 2.05) is 30.3 Å². The van der Waals surface area contributed by atoms with Gasteiger partial charge < -0.3 is 19.9 Å². The van der Waals surface area contributed by atoms with E-state index < -0.39 is 24.0 Å². The smallest absolute Gasteiger partial charge is 0.156 e. The number of fused-ring (bicyclic) bond motifs is 1. The number of nitrogens with zero attached hydrogens (tertiary/aromatic N) is 1. The zero-order chi connectivity index (χ0) is 23.5. The Morgan fingerprint density at radius 3 is 2.48 bits per heavy atom. The minimum atomic E-state index is -0.819. The zero-order valence-corrected chi connectivity index (χ0v) is 21.6. The van der Waals surface area contributed by atoms with Crippen molar-refractivity contribution in [1.29, 1.82) is 0 Å². The Morgan fingerprint density at radius 2 is 1.85 bits per heavy atom. The molecular formula is C26H32F2IrNO3-. The maximum atomic E-state index is 13.8. The number of hydrogen-bond donors (Lipinski definition) is 2. The predicted molar refractivity (Wildman–Crippen MR) is 123 cm³/mol. The van der Waals surface area contributed by atoms with Crippen molar-refractivity contribution in [2.24, 2.45) is 5.92 Å². The largest absolute Gasteiger partial charge is 0.393 e. The topological polar surface area (TPSA) is 62.6 Å². The number of hydrogen-bond acceptors (Lipinski definition) is 4. The molecule has 183 valence electrons. The van der Waals surface area contributed by atoms with Crippen LogP contribution in [-0.2, 0) is 24.8 Å². The number of pyridine rings is 1. The third-order valence-electron chi connectivity index (χ3n) is 5.11. The number of aliphatic hydroxyl groups is 2. The van der Waals surface area contributed by atoms with E-state index in [0.717, 1.165) is 42.2 Å². The Bertz CT molecular complexity index is 966. The van der Waals surface area contributed by atoms with Gasteiger partial charge >= 0.3 is 0 Å². The van der Waals surface area contributed by atoms with Crippen LogP contribution in [0.25, 0.3) is 22.0 Å². The van der Waals surface area contributed by atoms with Crippen LogP contribution in [-0.4, -0.2) is 34.2 Å². The van der Waals surface area contributed by atoms with Crippen molar-refractivity contribution in [3.63, 3.8) is 0 Å². The van der Waals surface area contributed by atoms with Crippen molar-refractivity contribution in [3.8, 4) is 11.3 Å². The van der Waals surface area contributed by atoms with Crippen molar-refractivity contribution in [2.75, 3.05) is 6.61 Å². The Morgan fingerprint density at radius 1 is 1.12 bits per heavy atom. The van der Waals surface area contributed by atoms with Crippen LogP contribution >= 0.6 is 0 Å². The number of rotatable bonds is 9. The van der Waals surface area contributed by atoms with E-state index in [4.69, 9.17) is 9.84 Å². The van der Waals surface area contributed by atoms with Gasteiger partial charge in [0.25, 0.3) is 0 Å². The Hall–Kier alpha value is -1.76. The molecule has 3 atom stereocenters. The number of aromatic nitrogens is 1. The number of ether oxygens (including phenoxy) is 1. The number of benzene rings is 2. The van der Waals surface area contributed by atoms with Gasteiger partial charge in [-0.2, -0.15) is 0 Å². The van der Waals surface area contributed by atoms with Crippen LogP contribution in [0.5, 0.6) is 0 Å². The van der Waals surface area contributed by atoms with Crippen LogP contribution in [0.1, 0.15) is 46.5 Å². The van der Waals surface area contributed by atoms with Gasteiger partial charge in [0, 0.05) is 44.4 Å². The molecule has 0 spiro atoms. The molecule has 7 heteroatoms. The quantitative estimate of drug-likeness (QED) is 0.227.